The molecule has 2 rings (SSSR count). The van der Waals surface area contributed by atoms with Crippen LogP contribution in [-0.2, 0) is 31.6 Å². The molecule has 16 nitrogen and oxygen atoms in total. The molecular weight excluding hydrogens is 477 g/mol. The molecule has 1 aromatic heterocycles. The lowest BCUT2D eigenvalue weighted by Crippen LogP contribution is -2.46. The van der Waals surface area contributed by atoms with Gasteiger partial charge in [0.25, 0.3) is 0 Å². The fourth-order valence-corrected chi connectivity index (χ4v) is 5.55. The van der Waals surface area contributed by atoms with Gasteiger partial charge in [-0.15, -0.1) is 0 Å². The zero-order valence-electron chi connectivity index (χ0n) is 15.3. The summed E-state index contributed by atoms with van der Waals surface area (Å²) in [6.45, 7) is 1.64. The van der Waals surface area contributed by atoms with Gasteiger partial charge in [0.15, 0.2) is 6.23 Å². The van der Waals surface area contributed by atoms with Gasteiger partial charge in [0.1, 0.15) is 17.8 Å². The number of ether oxygens (including phenoxy) is 1. The Morgan fingerprint density at radius 1 is 1.20 bits per heavy atom. The molecule has 1 aromatic rings. The van der Waals surface area contributed by atoms with Gasteiger partial charge in [-0.2, -0.15) is 13.6 Å². The first kappa shape index (κ1) is 25.4. The molecule has 0 saturated carbocycles. The van der Waals surface area contributed by atoms with Gasteiger partial charge in [0.2, 0.25) is 0 Å². The van der Waals surface area contributed by atoms with Gasteiger partial charge in [0.05, 0.1) is 6.61 Å². The number of nitrogens with zero attached hydrogens (tertiary/aromatic N) is 2. The molecule has 1 aliphatic rings. The molecule has 0 aliphatic carbocycles. The van der Waals surface area contributed by atoms with Crippen molar-refractivity contribution in [1.29, 1.82) is 0 Å². The maximum atomic E-state index is 12.0. The third-order valence-electron chi connectivity index (χ3n) is 3.79. The summed E-state index contributed by atoms with van der Waals surface area (Å²) in [6.07, 6.45) is -3.56. The third-order valence-corrected chi connectivity index (χ3v) is 7.60. The van der Waals surface area contributed by atoms with Crippen molar-refractivity contribution in [1.82, 2.24) is 9.55 Å². The van der Waals surface area contributed by atoms with E-state index in [0.29, 0.717) is 5.69 Å². The molecule has 1 fully saturated rings. The predicted octanol–water partition coefficient (Wildman–Crippen LogP) is -1.10. The van der Waals surface area contributed by atoms with Crippen molar-refractivity contribution >= 4 is 23.5 Å². The van der Waals surface area contributed by atoms with E-state index in [1.807, 2.05) is 0 Å². The van der Waals surface area contributed by atoms with E-state index < -0.39 is 59.8 Å². The summed E-state index contributed by atoms with van der Waals surface area (Å²) >= 11 is 0. The van der Waals surface area contributed by atoms with Gasteiger partial charge in [-0.25, -0.2) is 18.5 Å². The minimum atomic E-state index is -5.72. The Labute approximate surface area is 168 Å². The summed E-state index contributed by atoms with van der Waals surface area (Å²) in [5.74, 6) is 0. The van der Waals surface area contributed by atoms with Gasteiger partial charge in [-0.3, -0.25) is 9.09 Å². The maximum absolute atomic E-state index is 12.0. The molecule has 3 unspecified atom stereocenters. The second-order valence-corrected chi connectivity index (χ2v) is 10.8. The van der Waals surface area contributed by atoms with Crippen LogP contribution in [0.5, 0.6) is 0 Å². The lowest BCUT2D eigenvalue weighted by Gasteiger charge is -2.27. The van der Waals surface area contributed by atoms with Crippen LogP contribution in [0.4, 0.5) is 0 Å². The van der Waals surface area contributed by atoms with Crippen molar-refractivity contribution in [2.45, 2.75) is 37.9 Å². The lowest BCUT2D eigenvalue weighted by molar-refractivity contribution is -0.0986. The fourth-order valence-electron chi connectivity index (χ4n) is 2.52. The van der Waals surface area contributed by atoms with E-state index in [1.54, 1.807) is 6.92 Å². The Bertz CT molecular complexity index is 988. The summed E-state index contributed by atoms with van der Waals surface area (Å²) < 4.78 is 51.3. The van der Waals surface area contributed by atoms with Crippen molar-refractivity contribution in [2.24, 2.45) is 0 Å². The number of phosphoric ester groups is 1. The van der Waals surface area contributed by atoms with E-state index >= 15 is 0 Å². The zero-order valence-corrected chi connectivity index (χ0v) is 18.0. The van der Waals surface area contributed by atoms with Crippen molar-refractivity contribution in [3.63, 3.8) is 0 Å². The summed E-state index contributed by atoms with van der Waals surface area (Å²) in [6, 6.07) is 1.42. The Balaban J connectivity index is 2.12. The predicted molar refractivity (Wildman–Crippen MR) is 93.6 cm³/mol. The van der Waals surface area contributed by atoms with Crippen molar-refractivity contribution < 1.29 is 61.4 Å². The molecular formula is C11H19N2O14P3. The number of hydrogen-bond donors (Lipinski definition) is 6. The molecule has 0 bridgehead atoms. The SMILES string of the molecule is Cc1ccn([C@@H]2O[C@H](COP(=O)(O)OP(=O)(O)OP(=O)(O)O)C(O)[C@@]2(C)O)c(=O)n1. The number of aliphatic hydroxyl groups is 2. The van der Waals surface area contributed by atoms with Gasteiger partial charge in [-0.05, 0) is 19.9 Å². The fraction of sp³-hybridized carbons (Fsp3) is 0.636. The van der Waals surface area contributed by atoms with Crippen LogP contribution < -0.4 is 5.69 Å². The molecule has 1 aliphatic heterocycles. The summed E-state index contributed by atoms with van der Waals surface area (Å²) in [5, 5.41) is 20.8. The standard InChI is InChI=1S/C11H19N2O14P3/c1-6-3-4-13(10(15)12-6)9-11(2,16)8(14)7(25-9)5-24-29(20,21)27-30(22,23)26-28(17,18)19/h3-4,7-9,14,16H,5H2,1-2H3,(H,20,21)(H,22,23)(H2,17,18,19)/t7-,8?,9-,11-/m1/s1. The highest BCUT2D eigenvalue weighted by atomic mass is 31.3. The highest BCUT2D eigenvalue weighted by Crippen LogP contribution is 2.66. The molecule has 6 atom stereocenters. The number of aliphatic hydroxyl groups excluding tert-OH is 1. The van der Waals surface area contributed by atoms with E-state index in [9.17, 15) is 33.6 Å². The molecule has 2 heterocycles. The van der Waals surface area contributed by atoms with Gasteiger partial charge >= 0.3 is 29.2 Å². The third kappa shape index (κ3) is 6.34. The topological polar surface area (TPSA) is 244 Å². The molecule has 6 N–H and O–H groups in total. The van der Waals surface area contributed by atoms with Crippen LogP contribution >= 0.6 is 23.5 Å². The van der Waals surface area contributed by atoms with Crippen LogP contribution in [0.25, 0.3) is 0 Å². The first-order valence-corrected chi connectivity index (χ1v) is 12.4. The highest BCUT2D eigenvalue weighted by molar-refractivity contribution is 7.66. The molecule has 1 saturated heterocycles. The van der Waals surface area contributed by atoms with Crippen molar-refractivity contribution in [3.05, 3.63) is 28.4 Å². The molecule has 19 heteroatoms. The number of aromatic nitrogens is 2. The Kier molecular flexibility index (Phi) is 7.29. The van der Waals surface area contributed by atoms with Crippen LogP contribution in [0.1, 0.15) is 18.8 Å². The van der Waals surface area contributed by atoms with Crippen LogP contribution in [0.3, 0.4) is 0 Å². The minimum absolute atomic E-state index is 0.374. The molecule has 0 radical (unpaired) electrons. The molecule has 0 amide bonds. The molecule has 0 aromatic carbocycles. The quantitative estimate of drug-likeness (QED) is 0.234. The first-order valence-electron chi connectivity index (χ1n) is 7.83. The van der Waals surface area contributed by atoms with Crippen molar-refractivity contribution in [2.75, 3.05) is 6.61 Å². The Hall–Kier alpha value is -0.830. The number of rotatable bonds is 8. The molecule has 172 valence electrons. The van der Waals surface area contributed by atoms with Gasteiger partial charge in [-0.1, -0.05) is 0 Å². The average Bonchev–Trinajstić information content (AvgIpc) is 2.73. The van der Waals surface area contributed by atoms with E-state index in [1.165, 1.54) is 12.3 Å². The monoisotopic (exact) mass is 496 g/mol. The number of hydrogen-bond acceptors (Lipinski definition) is 11. The van der Waals surface area contributed by atoms with Crippen molar-refractivity contribution in [3.8, 4) is 0 Å². The van der Waals surface area contributed by atoms with Crippen LogP contribution in [0, 0.1) is 6.92 Å². The molecule has 0 spiro atoms. The first-order chi connectivity index (χ1) is 13.4. The summed E-state index contributed by atoms with van der Waals surface area (Å²) in [5.41, 5.74) is -2.54. The maximum Gasteiger partial charge on any atom is 0.490 e. The lowest BCUT2D eigenvalue weighted by atomic mass is 9.96. The zero-order chi connectivity index (χ0) is 23.1. The average molecular weight is 496 g/mol. The number of aryl methyl sites for hydroxylation is 1. The van der Waals surface area contributed by atoms with Crippen LogP contribution in [-0.4, -0.2) is 63.8 Å². The largest absolute Gasteiger partial charge is 0.490 e. The summed E-state index contributed by atoms with van der Waals surface area (Å²) in [4.78, 5) is 51.2. The van der Waals surface area contributed by atoms with E-state index in [4.69, 9.17) is 19.4 Å². The second kappa shape index (κ2) is 8.60. The summed E-state index contributed by atoms with van der Waals surface area (Å²) in [7, 11) is -16.7. The molecule has 30 heavy (non-hydrogen) atoms. The van der Waals surface area contributed by atoms with Gasteiger partial charge in [0, 0.05) is 11.9 Å². The number of phosphoric acid groups is 3. The van der Waals surface area contributed by atoms with Crippen LogP contribution in [0.2, 0.25) is 0 Å². The van der Waals surface area contributed by atoms with E-state index in [2.05, 4.69) is 18.1 Å². The van der Waals surface area contributed by atoms with Gasteiger partial charge < -0.3 is 34.5 Å². The normalized spacial score (nSPS) is 31.3. The van der Waals surface area contributed by atoms with E-state index in [0.717, 1.165) is 11.5 Å². The van der Waals surface area contributed by atoms with Crippen LogP contribution in [0.15, 0.2) is 17.1 Å². The minimum Gasteiger partial charge on any atom is -0.387 e. The highest BCUT2D eigenvalue weighted by Gasteiger charge is 2.54. The smallest absolute Gasteiger partial charge is 0.387 e. The second-order valence-electron chi connectivity index (χ2n) is 6.34. The Morgan fingerprint density at radius 2 is 1.80 bits per heavy atom. The Morgan fingerprint density at radius 3 is 2.33 bits per heavy atom. The van der Waals surface area contributed by atoms with E-state index in [-0.39, 0.29) is 0 Å².